The van der Waals surface area contributed by atoms with Gasteiger partial charge in [-0.25, -0.2) is 4.98 Å². The van der Waals surface area contributed by atoms with E-state index in [1.54, 1.807) is 0 Å². The predicted molar refractivity (Wildman–Crippen MR) is 83.1 cm³/mol. The summed E-state index contributed by atoms with van der Waals surface area (Å²) < 4.78 is 0. The smallest absolute Gasteiger partial charge is 0.128 e. The molecule has 110 valence electrons. The van der Waals surface area contributed by atoms with Crippen LogP contribution in [0, 0.1) is 5.92 Å². The molecule has 3 rings (SSSR count). The van der Waals surface area contributed by atoms with E-state index in [4.69, 9.17) is 0 Å². The number of nitrogens with one attached hydrogen (secondary N) is 1. The third-order valence-corrected chi connectivity index (χ3v) is 4.58. The second-order valence-corrected chi connectivity index (χ2v) is 6.26. The molecule has 1 aromatic rings. The van der Waals surface area contributed by atoms with Crippen LogP contribution in [0.25, 0.3) is 0 Å². The largest absolute Gasteiger partial charge is 0.354 e. The Morgan fingerprint density at radius 1 is 1.25 bits per heavy atom. The molecular weight excluding hydrogens is 248 g/mol. The fourth-order valence-electron chi connectivity index (χ4n) is 3.37. The fraction of sp³-hybridized carbons (Fsp3) is 0.688. The Labute approximate surface area is 122 Å². The average molecular weight is 274 g/mol. The molecule has 2 saturated heterocycles. The van der Waals surface area contributed by atoms with Gasteiger partial charge in [0, 0.05) is 45.0 Å². The van der Waals surface area contributed by atoms with E-state index in [2.05, 4.69) is 39.2 Å². The van der Waals surface area contributed by atoms with Crippen LogP contribution in [0.5, 0.6) is 0 Å². The third kappa shape index (κ3) is 3.49. The summed E-state index contributed by atoms with van der Waals surface area (Å²) in [5.74, 6) is 2.01. The lowest BCUT2D eigenvalue weighted by atomic mass is 9.94. The van der Waals surface area contributed by atoms with E-state index in [9.17, 15) is 0 Å². The maximum atomic E-state index is 4.45. The molecular formula is C16H26N4. The highest BCUT2D eigenvalue weighted by molar-refractivity contribution is 5.38. The highest BCUT2D eigenvalue weighted by Crippen LogP contribution is 2.17. The topological polar surface area (TPSA) is 31.4 Å². The Balaban J connectivity index is 1.46. The highest BCUT2D eigenvalue weighted by atomic mass is 15.3. The fourth-order valence-corrected chi connectivity index (χ4v) is 3.37. The minimum Gasteiger partial charge on any atom is -0.354 e. The molecule has 0 aromatic carbocycles. The van der Waals surface area contributed by atoms with E-state index in [0.717, 1.165) is 37.9 Å². The molecule has 2 aliphatic heterocycles. The van der Waals surface area contributed by atoms with Crippen molar-refractivity contribution in [3.8, 4) is 0 Å². The molecule has 2 atom stereocenters. The molecule has 0 amide bonds. The first-order valence-corrected chi connectivity index (χ1v) is 7.93. The summed E-state index contributed by atoms with van der Waals surface area (Å²) in [6.45, 7) is 9.29. The molecule has 0 aliphatic carbocycles. The van der Waals surface area contributed by atoms with Crippen molar-refractivity contribution in [3.63, 3.8) is 0 Å². The van der Waals surface area contributed by atoms with Crippen LogP contribution in [0.15, 0.2) is 24.4 Å². The van der Waals surface area contributed by atoms with Crippen LogP contribution in [0.2, 0.25) is 0 Å². The van der Waals surface area contributed by atoms with Crippen LogP contribution < -0.4 is 10.2 Å². The van der Waals surface area contributed by atoms with Crippen molar-refractivity contribution in [3.05, 3.63) is 24.4 Å². The molecule has 0 radical (unpaired) electrons. The average Bonchev–Trinajstić information content (AvgIpc) is 2.49. The van der Waals surface area contributed by atoms with Crippen molar-refractivity contribution in [2.24, 2.45) is 5.92 Å². The molecule has 1 aromatic heterocycles. The lowest BCUT2D eigenvalue weighted by molar-refractivity contribution is 0.197. The summed E-state index contributed by atoms with van der Waals surface area (Å²) in [5, 5.41) is 3.67. The number of hydrogen-bond donors (Lipinski definition) is 1. The van der Waals surface area contributed by atoms with E-state index in [1.807, 2.05) is 12.3 Å². The lowest BCUT2D eigenvalue weighted by Crippen LogP contribution is -2.52. The molecule has 4 heteroatoms. The van der Waals surface area contributed by atoms with Gasteiger partial charge >= 0.3 is 0 Å². The minimum atomic E-state index is 0.695. The first-order valence-electron chi connectivity index (χ1n) is 7.93. The maximum absolute atomic E-state index is 4.45. The quantitative estimate of drug-likeness (QED) is 0.907. The van der Waals surface area contributed by atoms with Gasteiger partial charge in [-0.1, -0.05) is 13.0 Å². The van der Waals surface area contributed by atoms with Crippen molar-refractivity contribution in [2.75, 3.05) is 44.2 Å². The van der Waals surface area contributed by atoms with Crippen LogP contribution >= 0.6 is 0 Å². The van der Waals surface area contributed by atoms with Crippen LogP contribution in [0.4, 0.5) is 5.82 Å². The van der Waals surface area contributed by atoms with Crippen molar-refractivity contribution in [2.45, 2.75) is 25.8 Å². The van der Waals surface area contributed by atoms with E-state index < -0.39 is 0 Å². The van der Waals surface area contributed by atoms with Crippen molar-refractivity contribution >= 4 is 5.82 Å². The first-order chi connectivity index (χ1) is 9.81. The molecule has 3 heterocycles. The first kappa shape index (κ1) is 13.8. The summed E-state index contributed by atoms with van der Waals surface area (Å²) in [6, 6.07) is 6.86. The van der Waals surface area contributed by atoms with Crippen molar-refractivity contribution in [1.82, 2.24) is 15.2 Å². The summed E-state index contributed by atoms with van der Waals surface area (Å²) >= 11 is 0. The van der Waals surface area contributed by atoms with Crippen molar-refractivity contribution < 1.29 is 0 Å². The molecule has 2 unspecified atom stereocenters. The molecule has 0 bridgehead atoms. The molecule has 20 heavy (non-hydrogen) atoms. The number of anilines is 1. The highest BCUT2D eigenvalue weighted by Gasteiger charge is 2.23. The second-order valence-electron chi connectivity index (χ2n) is 6.26. The number of pyridine rings is 1. The van der Waals surface area contributed by atoms with Crippen LogP contribution in [0.1, 0.15) is 19.8 Å². The van der Waals surface area contributed by atoms with Crippen LogP contribution in [-0.2, 0) is 0 Å². The monoisotopic (exact) mass is 274 g/mol. The van der Waals surface area contributed by atoms with Gasteiger partial charge in [0.2, 0.25) is 0 Å². The Morgan fingerprint density at radius 3 is 2.80 bits per heavy atom. The standard InChI is InChI=1S/C16H26N4/c1-14-5-7-17-15(12-14)13-19-8-10-20(11-9-19)16-4-2-3-6-18-16/h2-4,6,14-15,17H,5,7-13H2,1H3. The number of piperidine rings is 1. The second kappa shape index (κ2) is 6.55. The number of nitrogens with zero attached hydrogens (tertiary/aromatic N) is 3. The van der Waals surface area contributed by atoms with E-state index in [0.29, 0.717) is 6.04 Å². The van der Waals surface area contributed by atoms with Gasteiger partial charge in [-0.2, -0.15) is 0 Å². The van der Waals surface area contributed by atoms with Crippen molar-refractivity contribution in [1.29, 1.82) is 0 Å². The number of piperazine rings is 1. The summed E-state index contributed by atoms with van der Waals surface area (Å²) in [7, 11) is 0. The number of hydrogen-bond acceptors (Lipinski definition) is 4. The van der Waals surface area contributed by atoms with Gasteiger partial charge in [-0.05, 0) is 37.4 Å². The van der Waals surface area contributed by atoms with Gasteiger partial charge in [0.1, 0.15) is 5.82 Å². The zero-order chi connectivity index (χ0) is 13.8. The van der Waals surface area contributed by atoms with Gasteiger partial charge in [-0.3, -0.25) is 4.90 Å². The normalized spacial score (nSPS) is 28.6. The number of rotatable bonds is 3. The number of aromatic nitrogens is 1. The van der Waals surface area contributed by atoms with Gasteiger partial charge in [-0.15, -0.1) is 0 Å². The molecule has 0 spiro atoms. The molecule has 1 N–H and O–H groups in total. The van der Waals surface area contributed by atoms with Gasteiger partial charge < -0.3 is 10.2 Å². The predicted octanol–water partition coefficient (Wildman–Crippen LogP) is 1.59. The van der Waals surface area contributed by atoms with Gasteiger partial charge in [0.25, 0.3) is 0 Å². The lowest BCUT2D eigenvalue weighted by Gasteiger charge is -2.38. The summed E-state index contributed by atoms with van der Waals surface area (Å²) in [5.41, 5.74) is 0. The minimum absolute atomic E-state index is 0.695. The molecule has 4 nitrogen and oxygen atoms in total. The summed E-state index contributed by atoms with van der Waals surface area (Å²) in [4.78, 5) is 9.45. The zero-order valence-corrected chi connectivity index (χ0v) is 12.5. The molecule has 0 saturated carbocycles. The van der Waals surface area contributed by atoms with Crippen LogP contribution in [0.3, 0.4) is 0 Å². The van der Waals surface area contributed by atoms with E-state index >= 15 is 0 Å². The van der Waals surface area contributed by atoms with Gasteiger partial charge in [0.05, 0.1) is 0 Å². The zero-order valence-electron chi connectivity index (χ0n) is 12.5. The van der Waals surface area contributed by atoms with Gasteiger partial charge in [0.15, 0.2) is 0 Å². The maximum Gasteiger partial charge on any atom is 0.128 e. The summed E-state index contributed by atoms with van der Waals surface area (Å²) in [6.07, 6.45) is 4.56. The Bertz CT molecular complexity index is 400. The van der Waals surface area contributed by atoms with E-state index in [-0.39, 0.29) is 0 Å². The Kier molecular flexibility index (Phi) is 4.53. The van der Waals surface area contributed by atoms with E-state index in [1.165, 1.54) is 25.9 Å². The molecule has 2 fully saturated rings. The molecule has 2 aliphatic rings. The SMILES string of the molecule is CC1CCNC(CN2CCN(c3ccccn3)CC2)C1. The van der Waals surface area contributed by atoms with Crippen LogP contribution in [-0.4, -0.2) is 55.2 Å². The third-order valence-electron chi connectivity index (χ3n) is 4.58. The Hall–Kier alpha value is -1.13. The Morgan fingerprint density at radius 2 is 2.10 bits per heavy atom.